The maximum absolute atomic E-state index is 11.5. The Morgan fingerprint density at radius 1 is 1.04 bits per heavy atom. The summed E-state index contributed by atoms with van der Waals surface area (Å²) < 4.78 is 10.8. The van der Waals surface area contributed by atoms with E-state index in [1.54, 1.807) is 13.2 Å². The number of likely N-dealkylation sites (N-methyl/N-ethyl adjacent to an activating group) is 1. The second-order valence-electron chi connectivity index (χ2n) is 4.95. The fourth-order valence-electron chi connectivity index (χ4n) is 2.00. The maximum Gasteiger partial charge on any atom is 0.257 e. The zero-order chi connectivity index (χ0) is 17.8. The molecule has 3 N–H and O–H groups in total. The molecule has 0 saturated heterocycles. The molecular weight excluding hydrogens is 308 g/mol. The van der Waals surface area contributed by atoms with Crippen molar-refractivity contribution < 1.29 is 14.3 Å². The molecule has 134 valence electrons. The molecule has 0 heterocycles. The molecular formula is C17H28N4O3. The molecule has 7 heteroatoms. The third kappa shape index (κ3) is 6.76. The van der Waals surface area contributed by atoms with Crippen molar-refractivity contribution in [3.63, 3.8) is 0 Å². The fourth-order valence-corrected chi connectivity index (χ4v) is 2.00. The van der Waals surface area contributed by atoms with Crippen molar-refractivity contribution in [2.45, 2.75) is 27.3 Å². The number of amides is 1. The Hall–Kier alpha value is -2.44. The Morgan fingerprint density at radius 2 is 1.71 bits per heavy atom. The minimum absolute atomic E-state index is 0.0350. The molecule has 0 aliphatic heterocycles. The van der Waals surface area contributed by atoms with Gasteiger partial charge in [-0.1, -0.05) is 6.07 Å². The third-order valence-electron chi connectivity index (χ3n) is 3.07. The van der Waals surface area contributed by atoms with E-state index in [0.717, 1.165) is 24.6 Å². The van der Waals surface area contributed by atoms with Gasteiger partial charge in [0.25, 0.3) is 5.91 Å². The van der Waals surface area contributed by atoms with Crippen molar-refractivity contribution in [1.82, 2.24) is 16.0 Å². The molecule has 24 heavy (non-hydrogen) atoms. The van der Waals surface area contributed by atoms with Gasteiger partial charge in [-0.25, -0.2) is 4.99 Å². The number of hydrogen-bond acceptors (Lipinski definition) is 4. The molecule has 1 amide bonds. The van der Waals surface area contributed by atoms with E-state index in [1.165, 1.54) is 0 Å². The summed E-state index contributed by atoms with van der Waals surface area (Å²) >= 11 is 0. The van der Waals surface area contributed by atoms with Gasteiger partial charge in [0.2, 0.25) is 0 Å². The molecule has 7 nitrogen and oxygen atoms in total. The van der Waals surface area contributed by atoms with Crippen LogP contribution in [0.25, 0.3) is 0 Å². The van der Waals surface area contributed by atoms with E-state index in [9.17, 15) is 4.79 Å². The fraction of sp³-hybridized carbons (Fsp3) is 0.529. The van der Waals surface area contributed by atoms with E-state index in [1.807, 2.05) is 32.9 Å². The first-order valence-electron chi connectivity index (χ1n) is 8.23. The van der Waals surface area contributed by atoms with Gasteiger partial charge < -0.3 is 25.4 Å². The lowest BCUT2D eigenvalue weighted by molar-refractivity contribution is -0.123. The first-order chi connectivity index (χ1) is 11.6. The van der Waals surface area contributed by atoms with Crippen LogP contribution in [0.2, 0.25) is 0 Å². The molecule has 0 fully saturated rings. The number of carbonyl (C=O) groups excluding carboxylic acids is 1. The Labute approximate surface area is 143 Å². The zero-order valence-corrected chi connectivity index (χ0v) is 14.9. The highest BCUT2D eigenvalue weighted by molar-refractivity contribution is 5.79. The van der Waals surface area contributed by atoms with Crippen molar-refractivity contribution >= 4 is 11.9 Å². The molecule has 0 bridgehead atoms. The second kappa shape index (κ2) is 11.2. The van der Waals surface area contributed by atoms with E-state index < -0.39 is 0 Å². The van der Waals surface area contributed by atoms with Gasteiger partial charge in [0, 0.05) is 19.6 Å². The normalized spacial score (nSPS) is 9.83. The molecule has 0 saturated carbocycles. The van der Waals surface area contributed by atoms with Gasteiger partial charge in [-0.3, -0.25) is 4.79 Å². The number of aliphatic imine (C=N–C) groups is 1. The number of ether oxygens (including phenoxy) is 2. The summed E-state index contributed by atoms with van der Waals surface area (Å²) in [7, 11) is 1.57. The summed E-state index contributed by atoms with van der Waals surface area (Å²) in [5, 5.41) is 9.04. The summed E-state index contributed by atoms with van der Waals surface area (Å²) in [5.74, 6) is 1.74. The molecule has 0 unspecified atom stereocenters. The van der Waals surface area contributed by atoms with E-state index in [4.69, 9.17) is 9.47 Å². The van der Waals surface area contributed by atoms with Crippen LogP contribution in [0.4, 0.5) is 0 Å². The number of hydrogen-bond donors (Lipinski definition) is 3. The first-order valence-corrected chi connectivity index (χ1v) is 8.23. The highest BCUT2D eigenvalue weighted by Crippen LogP contribution is 2.28. The van der Waals surface area contributed by atoms with Crippen molar-refractivity contribution in [2.75, 3.05) is 33.4 Å². The molecule has 0 atom stereocenters. The summed E-state index contributed by atoms with van der Waals surface area (Å²) in [6.07, 6.45) is 0. The smallest absolute Gasteiger partial charge is 0.257 e. The SMILES string of the molecule is CCNC(=O)COc1ccc(CN=C(NCC)NCC)cc1OC. The number of rotatable bonds is 9. The minimum Gasteiger partial charge on any atom is -0.493 e. The van der Waals surface area contributed by atoms with Crippen LogP contribution in [0.15, 0.2) is 23.2 Å². The van der Waals surface area contributed by atoms with Gasteiger partial charge in [0.15, 0.2) is 24.1 Å². The topological polar surface area (TPSA) is 84.0 Å². The molecule has 0 aromatic heterocycles. The molecule has 0 aliphatic carbocycles. The van der Waals surface area contributed by atoms with E-state index in [0.29, 0.717) is 24.6 Å². The molecule has 0 radical (unpaired) electrons. The maximum atomic E-state index is 11.5. The van der Waals surface area contributed by atoms with Crippen LogP contribution in [-0.4, -0.2) is 45.2 Å². The lowest BCUT2D eigenvalue weighted by Gasteiger charge is -2.12. The lowest BCUT2D eigenvalue weighted by Crippen LogP contribution is -2.36. The predicted molar refractivity (Wildman–Crippen MR) is 95.7 cm³/mol. The highest BCUT2D eigenvalue weighted by Gasteiger charge is 2.08. The Morgan fingerprint density at radius 3 is 2.29 bits per heavy atom. The quantitative estimate of drug-likeness (QED) is 0.467. The standard InChI is InChI=1S/C17H28N4O3/c1-5-18-16(22)12-24-14-9-8-13(10-15(14)23-4)11-21-17(19-6-2)20-7-3/h8-10H,5-7,11-12H2,1-4H3,(H,18,22)(H2,19,20,21). The zero-order valence-electron chi connectivity index (χ0n) is 14.9. The average Bonchev–Trinajstić information content (AvgIpc) is 2.58. The summed E-state index contributed by atoms with van der Waals surface area (Å²) in [6.45, 7) is 8.59. The molecule has 0 aliphatic rings. The van der Waals surface area contributed by atoms with Gasteiger partial charge >= 0.3 is 0 Å². The Bertz CT molecular complexity index is 539. The van der Waals surface area contributed by atoms with Crippen LogP contribution < -0.4 is 25.4 Å². The first kappa shape index (κ1) is 19.6. The predicted octanol–water partition coefficient (Wildman–Crippen LogP) is 1.29. The average molecular weight is 336 g/mol. The lowest BCUT2D eigenvalue weighted by atomic mass is 10.2. The van der Waals surface area contributed by atoms with Gasteiger partial charge in [-0.15, -0.1) is 0 Å². The van der Waals surface area contributed by atoms with Crippen LogP contribution >= 0.6 is 0 Å². The number of nitrogens with one attached hydrogen (secondary N) is 3. The largest absolute Gasteiger partial charge is 0.493 e. The van der Waals surface area contributed by atoms with E-state index in [-0.39, 0.29) is 12.5 Å². The molecule has 1 aromatic carbocycles. The second-order valence-corrected chi connectivity index (χ2v) is 4.95. The van der Waals surface area contributed by atoms with Crippen LogP contribution in [0.5, 0.6) is 11.5 Å². The number of benzene rings is 1. The monoisotopic (exact) mass is 336 g/mol. The summed E-state index contributed by atoms with van der Waals surface area (Å²) in [4.78, 5) is 16.0. The molecule has 1 aromatic rings. The van der Waals surface area contributed by atoms with Gasteiger partial charge in [0.05, 0.1) is 13.7 Å². The summed E-state index contributed by atoms with van der Waals surface area (Å²) in [6, 6.07) is 5.57. The van der Waals surface area contributed by atoms with Crippen molar-refractivity contribution in [1.29, 1.82) is 0 Å². The van der Waals surface area contributed by atoms with E-state index in [2.05, 4.69) is 20.9 Å². The van der Waals surface area contributed by atoms with Gasteiger partial charge in [0.1, 0.15) is 0 Å². The van der Waals surface area contributed by atoms with Gasteiger partial charge in [-0.05, 0) is 38.5 Å². The van der Waals surface area contributed by atoms with Crippen molar-refractivity contribution in [2.24, 2.45) is 4.99 Å². The Balaban J connectivity index is 2.74. The van der Waals surface area contributed by atoms with E-state index >= 15 is 0 Å². The van der Waals surface area contributed by atoms with Crippen LogP contribution in [0, 0.1) is 0 Å². The van der Waals surface area contributed by atoms with Crippen LogP contribution in [0.3, 0.4) is 0 Å². The number of nitrogens with zero attached hydrogens (tertiary/aromatic N) is 1. The number of carbonyl (C=O) groups is 1. The number of methoxy groups -OCH3 is 1. The highest BCUT2D eigenvalue weighted by atomic mass is 16.5. The van der Waals surface area contributed by atoms with Crippen LogP contribution in [0.1, 0.15) is 26.3 Å². The van der Waals surface area contributed by atoms with Gasteiger partial charge in [-0.2, -0.15) is 0 Å². The molecule has 0 spiro atoms. The van der Waals surface area contributed by atoms with Crippen molar-refractivity contribution in [3.05, 3.63) is 23.8 Å². The van der Waals surface area contributed by atoms with Crippen LogP contribution in [-0.2, 0) is 11.3 Å². The minimum atomic E-state index is -0.158. The number of guanidine groups is 1. The van der Waals surface area contributed by atoms with Crippen molar-refractivity contribution in [3.8, 4) is 11.5 Å². The Kier molecular flexibility index (Phi) is 9.11. The molecule has 1 rings (SSSR count). The summed E-state index contributed by atoms with van der Waals surface area (Å²) in [5.41, 5.74) is 0.991. The third-order valence-corrected chi connectivity index (χ3v) is 3.07.